The Balaban J connectivity index is 0.00000112. The van der Waals surface area contributed by atoms with Crippen molar-refractivity contribution in [1.29, 1.82) is 0 Å². The molecule has 2 aromatic carbocycles. The Labute approximate surface area is 102 Å². The van der Waals surface area contributed by atoms with Gasteiger partial charge in [-0.3, -0.25) is 0 Å². The third-order valence-electron chi connectivity index (χ3n) is 2.39. The van der Waals surface area contributed by atoms with Gasteiger partial charge in [-0.25, -0.2) is 0 Å². The van der Waals surface area contributed by atoms with Gasteiger partial charge in [-0.2, -0.15) is 0 Å². The number of rotatable bonds is 1. The first kappa shape index (κ1) is 11.9. The standard InChI is InChI=1S/C12H11NO.Re/c1-8-6-7-11(12(13)14)10-5-3-2-4-9(8)10;/h2-7H,1H3,(H2,13,14);/p-1. The molecule has 1 radical (unpaired) electrons. The van der Waals surface area contributed by atoms with Crippen molar-refractivity contribution in [2.24, 2.45) is 0 Å². The zero-order valence-corrected chi connectivity index (χ0v) is 11.0. The van der Waals surface area contributed by atoms with E-state index in [0.717, 1.165) is 16.3 Å². The average molecular weight is 370 g/mol. The van der Waals surface area contributed by atoms with Gasteiger partial charge in [-0.1, -0.05) is 36.4 Å². The van der Waals surface area contributed by atoms with Crippen molar-refractivity contribution in [3.63, 3.8) is 0 Å². The molecular formula is C12H10NORe-. The molecule has 0 bridgehead atoms. The first-order valence-electron chi connectivity index (χ1n) is 4.44. The summed E-state index contributed by atoms with van der Waals surface area (Å²) in [5.41, 5.74) is 8.74. The van der Waals surface area contributed by atoms with E-state index in [0.29, 0.717) is 5.56 Å². The molecule has 0 aliphatic carbocycles. The number of hydrogen-bond acceptors (Lipinski definition) is 1. The van der Waals surface area contributed by atoms with Gasteiger partial charge in [0.05, 0.1) is 5.91 Å². The van der Waals surface area contributed by atoms with E-state index in [2.05, 4.69) is 0 Å². The quantitative estimate of drug-likeness (QED) is 0.759. The second-order valence-electron chi connectivity index (χ2n) is 3.30. The first-order valence-corrected chi connectivity index (χ1v) is 4.44. The fourth-order valence-corrected chi connectivity index (χ4v) is 1.65. The second kappa shape index (κ2) is 4.57. The molecule has 1 amide bonds. The number of fused-ring (bicyclic) bond motifs is 1. The minimum atomic E-state index is -0.624. The summed E-state index contributed by atoms with van der Waals surface area (Å²) in [5, 5.41) is 1.91. The molecule has 2 rings (SSSR count). The van der Waals surface area contributed by atoms with Gasteiger partial charge >= 0.3 is 0 Å². The maximum Gasteiger partial charge on any atom is 0.0802 e. The summed E-state index contributed by atoms with van der Waals surface area (Å²) in [6, 6.07) is 11.3. The van der Waals surface area contributed by atoms with E-state index in [-0.39, 0.29) is 20.4 Å². The van der Waals surface area contributed by atoms with Gasteiger partial charge in [0.2, 0.25) is 0 Å². The van der Waals surface area contributed by atoms with Crippen LogP contribution in [-0.2, 0) is 20.4 Å². The van der Waals surface area contributed by atoms with Crippen LogP contribution < -0.4 is 0 Å². The van der Waals surface area contributed by atoms with Gasteiger partial charge in [-0.05, 0) is 23.3 Å². The van der Waals surface area contributed by atoms with Gasteiger partial charge in [0.25, 0.3) is 0 Å². The number of aryl methyl sites for hydroxylation is 1. The van der Waals surface area contributed by atoms with E-state index < -0.39 is 5.91 Å². The number of amides is 1. The van der Waals surface area contributed by atoms with E-state index >= 15 is 0 Å². The molecular weight excluding hydrogens is 360 g/mol. The number of nitrogens with one attached hydrogen (secondary N) is 1. The van der Waals surface area contributed by atoms with Crippen LogP contribution in [0.25, 0.3) is 16.5 Å². The van der Waals surface area contributed by atoms with Crippen LogP contribution in [0.3, 0.4) is 0 Å². The maximum absolute atomic E-state index is 11.0. The van der Waals surface area contributed by atoms with Crippen molar-refractivity contribution in [2.75, 3.05) is 0 Å². The summed E-state index contributed by atoms with van der Waals surface area (Å²) in [5.74, 6) is -0.624. The summed E-state index contributed by atoms with van der Waals surface area (Å²) in [7, 11) is 0. The van der Waals surface area contributed by atoms with Crippen molar-refractivity contribution in [2.45, 2.75) is 6.92 Å². The largest absolute Gasteiger partial charge is 0.664 e. The molecule has 0 aliphatic rings. The Morgan fingerprint density at radius 3 is 2.27 bits per heavy atom. The molecule has 0 saturated heterocycles. The summed E-state index contributed by atoms with van der Waals surface area (Å²) in [6.07, 6.45) is 0. The van der Waals surface area contributed by atoms with Gasteiger partial charge in [-0.15, -0.1) is 0 Å². The normalized spacial score (nSPS) is 9.67. The molecule has 2 aromatic rings. The van der Waals surface area contributed by atoms with Crippen LogP contribution in [0.5, 0.6) is 0 Å². The van der Waals surface area contributed by atoms with Crippen LogP contribution in [0, 0.1) is 6.92 Å². The molecule has 0 fully saturated rings. The Morgan fingerprint density at radius 1 is 1.07 bits per heavy atom. The molecule has 2 nitrogen and oxygen atoms in total. The molecule has 0 heterocycles. The second-order valence-corrected chi connectivity index (χ2v) is 3.30. The van der Waals surface area contributed by atoms with Crippen LogP contribution in [-0.4, -0.2) is 5.91 Å². The molecule has 0 unspecified atom stereocenters. The Hall–Kier alpha value is -1.17. The summed E-state index contributed by atoms with van der Waals surface area (Å²) >= 11 is 0. The SMILES string of the molecule is Cc1ccc(C([NH-])=O)c2ccccc12.[Re]. The molecule has 0 spiro atoms. The molecule has 0 saturated carbocycles. The smallest absolute Gasteiger partial charge is 0.0802 e. The fraction of sp³-hybridized carbons (Fsp3) is 0.0833. The van der Waals surface area contributed by atoms with Crippen molar-refractivity contribution >= 4 is 16.7 Å². The molecule has 3 heteroatoms. The monoisotopic (exact) mass is 371 g/mol. The van der Waals surface area contributed by atoms with Gasteiger partial charge in [0.15, 0.2) is 0 Å². The Kier molecular flexibility index (Phi) is 3.63. The van der Waals surface area contributed by atoms with Crippen LogP contribution in [0.4, 0.5) is 0 Å². The van der Waals surface area contributed by atoms with Gasteiger partial charge in [0.1, 0.15) is 0 Å². The van der Waals surface area contributed by atoms with E-state index in [9.17, 15) is 4.79 Å². The summed E-state index contributed by atoms with van der Waals surface area (Å²) in [4.78, 5) is 11.0. The van der Waals surface area contributed by atoms with E-state index in [1.807, 2.05) is 37.3 Å². The predicted molar refractivity (Wildman–Crippen MR) is 57.3 cm³/mol. The van der Waals surface area contributed by atoms with Crippen LogP contribution in [0.2, 0.25) is 0 Å². The summed E-state index contributed by atoms with van der Waals surface area (Å²) in [6.45, 7) is 2.00. The zero-order valence-electron chi connectivity index (χ0n) is 8.25. The van der Waals surface area contributed by atoms with Crippen molar-refractivity contribution in [1.82, 2.24) is 0 Å². The minimum Gasteiger partial charge on any atom is -0.664 e. The molecule has 77 valence electrons. The Bertz CT molecular complexity index is 508. The molecule has 0 aromatic heterocycles. The van der Waals surface area contributed by atoms with E-state index in [1.165, 1.54) is 0 Å². The zero-order chi connectivity index (χ0) is 10.1. The maximum atomic E-state index is 11.0. The Morgan fingerprint density at radius 2 is 1.67 bits per heavy atom. The molecule has 0 aliphatic heterocycles. The third kappa shape index (κ3) is 2.09. The minimum absolute atomic E-state index is 0. The molecule has 15 heavy (non-hydrogen) atoms. The van der Waals surface area contributed by atoms with Crippen LogP contribution >= 0.6 is 0 Å². The molecule has 0 atom stereocenters. The van der Waals surface area contributed by atoms with E-state index in [4.69, 9.17) is 5.73 Å². The molecule has 1 N–H and O–H groups in total. The fourth-order valence-electron chi connectivity index (χ4n) is 1.65. The van der Waals surface area contributed by atoms with E-state index in [1.54, 1.807) is 6.07 Å². The van der Waals surface area contributed by atoms with Crippen molar-refractivity contribution in [3.05, 3.63) is 53.3 Å². The van der Waals surface area contributed by atoms with Crippen LogP contribution in [0.1, 0.15) is 15.9 Å². The number of benzene rings is 2. The van der Waals surface area contributed by atoms with Gasteiger partial charge in [0, 0.05) is 26.0 Å². The summed E-state index contributed by atoms with van der Waals surface area (Å²) < 4.78 is 0. The topological polar surface area (TPSA) is 40.9 Å². The van der Waals surface area contributed by atoms with Gasteiger partial charge < -0.3 is 10.5 Å². The third-order valence-corrected chi connectivity index (χ3v) is 2.39. The first-order chi connectivity index (χ1) is 6.70. The van der Waals surface area contributed by atoms with Crippen molar-refractivity contribution < 1.29 is 25.2 Å². The number of carbonyl (C=O) groups is 1. The van der Waals surface area contributed by atoms with Crippen LogP contribution in [0.15, 0.2) is 36.4 Å². The van der Waals surface area contributed by atoms with Crippen molar-refractivity contribution in [3.8, 4) is 0 Å². The number of carbonyl (C=O) groups excluding carboxylic acids is 1. The number of hydrogen-bond donors (Lipinski definition) is 0. The predicted octanol–water partition coefficient (Wildman–Crippen LogP) is 3.34. The average Bonchev–Trinajstić information content (AvgIpc) is 2.18.